The highest BCUT2D eigenvalue weighted by Crippen LogP contribution is 2.31. The largest absolute Gasteiger partial charge is 0.490 e. The minimum absolute atomic E-state index is 0.0423. The van der Waals surface area contributed by atoms with Crippen LogP contribution in [0.2, 0.25) is 0 Å². The van der Waals surface area contributed by atoms with Gasteiger partial charge in [-0.3, -0.25) is 0 Å². The summed E-state index contributed by atoms with van der Waals surface area (Å²) in [4.78, 5) is 0. The summed E-state index contributed by atoms with van der Waals surface area (Å²) in [6.45, 7) is 6.48. The van der Waals surface area contributed by atoms with Gasteiger partial charge in [0.05, 0.1) is 0 Å². The third-order valence-corrected chi connectivity index (χ3v) is 3.07. The maximum absolute atomic E-state index is 9.27. The van der Waals surface area contributed by atoms with E-state index in [0.717, 1.165) is 18.6 Å². The van der Waals surface area contributed by atoms with Gasteiger partial charge in [-0.2, -0.15) is 0 Å². The lowest BCUT2D eigenvalue weighted by atomic mass is 9.86. The molecular formula is C14H20O2. The van der Waals surface area contributed by atoms with Gasteiger partial charge >= 0.3 is 0 Å². The van der Waals surface area contributed by atoms with E-state index < -0.39 is 0 Å². The first-order valence-corrected chi connectivity index (χ1v) is 5.89. The van der Waals surface area contributed by atoms with Crippen molar-refractivity contribution in [2.24, 2.45) is 5.41 Å². The zero-order valence-electron chi connectivity index (χ0n) is 10.3. The van der Waals surface area contributed by atoms with Crippen molar-refractivity contribution in [3.8, 4) is 5.75 Å². The highest BCUT2D eigenvalue weighted by Gasteiger charge is 2.21. The van der Waals surface area contributed by atoms with Crippen molar-refractivity contribution in [1.82, 2.24) is 0 Å². The van der Waals surface area contributed by atoms with E-state index in [4.69, 9.17) is 4.74 Å². The molecule has 1 unspecified atom stereocenters. The molecule has 0 aromatic heterocycles. The molecule has 0 saturated carbocycles. The number of ether oxygens (including phenoxy) is 1. The van der Waals surface area contributed by atoms with Gasteiger partial charge in [-0.15, -0.1) is 0 Å². The van der Waals surface area contributed by atoms with Gasteiger partial charge in [-0.1, -0.05) is 26.0 Å². The van der Waals surface area contributed by atoms with E-state index >= 15 is 0 Å². The molecule has 1 heterocycles. The van der Waals surface area contributed by atoms with Crippen LogP contribution in [0, 0.1) is 5.41 Å². The lowest BCUT2D eigenvalue weighted by molar-refractivity contribution is 0.159. The monoisotopic (exact) mass is 220 g/mol. The Bertz CT molecular complexity index is 382. The molecule has 0 amide bonds. The topological polar surface area (TPSA) is 29.5 Å². The second-order valence-electron chi connectivity index (χ2n) is 5.57. The molecule has 0 aliphatic carbocycles. The van der Waals surface area contributed by atoms with Gasteiger partial charge in [-0.05, 0) is 36.0 Å². The molecule has 1 aromatic carbocycles. The van der Waals surface area contributed by atoms with Crippen LogP contribution in [0.3, 0.4) is 0 Å². The summed E-state index contributed by atoms with van der Waals surface area (Å²) in [6.07, 6.45) is 2.21. The Hall–Kier alpha value is -1.02. The van der Waals surface area contributed by atoms with E-state index in [2.05, 4.69) is 39.0 Å². The van der Waals surface area contributed by atoms with E-state index in [1.807, 2.05) is 0 Å². The fourth-order valence-corrected chi connectivity index (χ4v) is 2.19. The zero-order valence-corrected chi connectivity index (χ0v) is 10.3. The summed E-state index contributed by atoms with van der Waals surface area (Å²) < 4.78 is 5.67. The third-order valence-electron chi connectivity index (χ3n) is 3.07. The molecule has 0 radical (unpaired) electrons. The molecule has 0 fully saturated rings. The first-order valence-electron chi connectivity index (χ1n) is 5.89. The molecular weight excluding hydrogens is 200 g/mol. The zero-order chi connectivity index (χ0) is 11.8. The molecule has 1 N–H and O–H groups in total. The van der Waals surface area contributed by atoms with Gasteiger partial charge in [-0.25, -0.2) is 0 Å². The lowest BCUT2D eigenvalue weighted by Gasteiger charge is -2.21. The molecule has 1 aliphatic heterocycles. The van der Waals surface area contributed by atoms with E-state index in [1.54, 1.807) is 0 Å². The molecule has 1 aromatic rings. The molecule has 0 bridgehead atoms. The van der Waals surface area contributed by atoms with E-state index in [9.17, 15) is 5.11 Å². The molecule has 1 aliphatic rings. The van der Waals surface area contributed by atoms with Gasteiger partial charge in [0, 0.05) is 13.0 Å². The van der Waals surface area contributed by atoms with Crippen LogP contribution in [-0.2, 0) is 12.8 Å². The first kappa shape index (κ1) is 11.5. The first-order chi connectivity index (χ1) is 7.50. The highest BCUT2D eigenvalue weighted by molar-refractivity contribution is 5.40. The Morgan fingerprint density at radius 3 is 2.88 bits per heavy atom. The van der Waals surface area contributed by atoms with E-state index in [-0.39, 0.29) is 12.0 Å². The summed E-state index contributed by atoms with van der Waals surface area (Å²) in [5, 5.41) is 9.27. The maximum Gasteiger partial charge on any atom is 0.123 e. The Kier molecular flexibility index (Phi) is 2.94. The molecule has 0 spiro atoms. The summed E-state index contributed by atoms with van der Waals surface area (Å²) >= 11 is 0. The summed E-state index contributed by atoms with van der Waals surface area (Å²) in [6, 6.07) is 6.38. The van der Waals surface area contributed by atoms with Crippen molar-refractivity contribution < 1.29 is 9.84 Å². The fourth-order valence-electron chi connectivity index (χ4n) is 2.19. The van der Waals surface area contributed by atoms with Crippen LogP contribution in [0.5, 0.6) is 5.75 Å². The van der Waals surface area contributed by atoms with Crippen LogP contribution < -0.4 is 4.74 Å². The predicted molar refractivity (Wildman–Crippen MR) is 64.8 cm³/mol. The standard InChI is InChI=1S/C14H20O2/c1-10-6-12-7-11(4-5-13(12)16-10)8-14(2,3)9-15/h4-5,7,10,15H,6,8-9H2,1-3H3. The summed E-state index contributed by atoms with van der Waals surface area (Å²) in [5.41, 5.74) is 2.55. The third kappa shape index (κ3) is 2.38. The Morgan fingerprint density at radius 1 is 1.44 bits per heavy atom. The molecule has 88 valence electrons. The molecule has 1 atom stereocenters. The molecule has 2 nitrogen and oxygen atoms in total. The number of fused-ring (bicyclic) bond motifs is 1. The van der Waals surface area contributed by atoms with Gasteiger partial charge in [0.25, 0.3) is 0 Å². The van der Waals surface area contributed by atoms with Crippen molar-refractivity contribution in [2.75, 3.05) is 6.61 Å². The number of benzene rings is 1. The average molecular weight is 220 g/mol. The van der Waals surface area contributed by atoms with Crippen LogP contribution in [-0.4, -0.2) is 17.8 Å². The normalized spacial score (nSPS) is 19.4. The second kappa shape index (κ2) is 4.10. The van der Waals surface area contributed by atoms with E-state index in [1.165, 1.54) is 11.1 Å². The van der Waals surface area contributed by atoms with Crippen LogP contribution >= 0.6 is 0 Å². The van der Waals surface area contributed by atoms with Gasteiger partial charge in [0.15, 0.2) is 0 Å². The average Bonchev–Trinajstić information content (AvgIpc) is 2.57. The number of aliphatic hydroxyl groups is 1. The SMILES string of the molecule is CC1Cc2cc(CC(C)(C)CO)ccc2O1. The minimum atomic E-state index is -0.0423. The van der Waals surface area contributed by atoms with Crippen LogP contribution in [0.4, 0.5) is 0 Å². The van der Waals surface area contributed by atoms with Crippen LogP contribution in [0.1, 0.15) is 31.9 Å². The Labute approximate surface area is 97.3 Å². The number of rotatable bonds is 3. The summed E-state index contributed by atoms with van der Waals surface area (Å²) in [5.74, 6) is 1.03. The Morgan fingerprint density at radius 2 is 2.19 bits per heavy atom. The molecule has 16 heavy (non-hydrogen) atoms. The van der Waals surface area contributed by atoms with Gasteiger partial charge in [0.1, 0.15) is 11.9 Å². The van der Waals surface area contributed by atoms with Crippen LogP contribution in [0.25, 0.3) is 0 Å². The number of aliphatic hydroxyl groups excluding tert-OH is 1. The summed E-state index contributed by atoms with van der Waals surface area (Å²) in [7, 11) is 0. The molecule has 2 rings (SSSR count). The van der Waals surface area contributed by atoms with Crippen molar-refractivity contribution in [3.63, 3.8) is 0 Å². The van der Waals surface area contributed by atoms with E-state index in [0.29, 0.717) is 6.10 Å². The van der Waals surface area contributed by atoms with Crippen molar-refractivity contribution in [1.29, 1.82) is 0 Å². The minimum Gasteiger partial charge on any atom is -0.490 e. The smallest absolute Gasteiger partial charge is 0.123 e. The van der Waals surface area contributed by atoms with Crippen molar-refractivity contribution in [2.45, 2.75) is 39.7 Å². The lowest BCUT2D eigenvalue weighted by Crippen LogP contribution is -2.19. The second-order valence-corrected chi connectivity index (χ2v) is 5.57. The predicted octanol–water partition coefficient (Wildman–Crippen LogP) is 2.57. The van der Waals surface area contributed by atoms with Gasteiger partial charge < -0.3 is 9.84 Å². The molecule has 0 saturated heterocycles. The van der Waals surface area contributed by atoms with Gasteiger partial charge in [0.2, 0.25) is 0 Å². The maximum atomic E-state index is 9.27. The highest BCUT2D eigenvalue weighted by atomic mass is 16.5. The Balaban J connectivity index is 2.17. The van der Waals surface area contributed by atoms with Crippen LogP contribution in [0.15, 0.2) is 18.2 Å². The van der Waals surface area contributed by atoms with Crippen molar-refractivity contribution >= 4 is 0 Å². The number of hydrogen-bond donors (Lipinski definition) is 1. The van der Waals surface area contributed by atoms with Crippen molar-refractivity contribution in [3.05, 3.63) is 29.3 Å². The number of hydrogen-bond acceptors (Lipinski definition) is 2. The quantitative estimate of drug-likeness (QED) is 0.848. The molecule has 2 heteroatoms. The fraction of sp³-hybridized carbons (Fsp3) is 0.571.